The van der Waals surface area contributed by atoms with Crippen molar-refractivity contribution in [1.29, 1.82) is 0 Å². The van der Waals surface area contributed by atoms with Crippen LogP contribution >= 0.6 is 23.2 Å². The van der Waals surface area contributed by atoms with Gasteiger partial charge in [0.1, 0.15) is 0 Å². The molecule has 2 saturated carbocycles. The molecule has 2 amide bonds. The lowest BCUT2D eigenvalue weighted by atomic mass is 10.0. The van der Waals surface area contributed by atoms with Crippen molar-refractivity contribution in [3.63, 3.8) is 0 Å². The second-order valence-electron chi connectivity index (χ2n) is 10.3. The van der Waals surface area contributed by atoms with Crippen molar-refractivity contribution in [2.24, 2.45) is 22.7 Å². The first kappa shape index (κ1) is 22.2. The van der Waals surface area contributed by atoms with Gasteiger partial charge in [0, 0.05) is 11.8 Å². The standard InChI is InChI=1S/C25H28Cl2N2O2/c1-24(2)12-16(24)22(30)28-20-7-5-14(10-18(20)26)9-15-6-8-21(19(27)11-15)29-23(31)17-13-25(17,3)4/h5-8,10-11,16-17H,9,12-13H2,1-4H3,(H,28,30)(H,29,31). The van der Waals surface area contributed by atoms with Crippen LogP contribution in [-0.2, 0) is 16.0 Å². The molecule has 0 aromatic heterocycles. The number of halogens is 2. The summed E-state index contributed by atoms with van der Waals surface area (Å²) in [6, 6.07) is 11.3. The van der Waals surface area contributed by atoms with Crippen molar-refractivity contribution in [1.82, 2.24) is 0 Å². The fraction of sp³-hybridized carbons (Fsp3) is 0.440. The second-order valence-corrected chi connectivity index (χ2v) is 11.1. The molecule has 2 aliphatic rings. The average molecular weight is 459 g/mol. The fourth-order valence-corrected chi connectivity index (χ4v) is 4.55. The molecule has 0 spiro atoms. The Kier molecular flexibility index (Phi) is 5.60. The number of carbonyl (C=O) groups excluding carboxylic acids is 2. The molecule has 2 aromatic rings. The van der Waals surface area contributed by atoms with Crippen molar-refractivity contribution in [3.8, 4) is 0 Å². The maximum Gasteiger partial charge on any atom is 0.228 e. The van der Waals surface area contributed by atoms with Crippen LogP contribution in [0.25, 0.3) is 0 Å². The topological polar surface area (TPSA) is 58.2 Å². The first-order valence-electron chi connectivity index (χ1n) is 10.6. The molecule has 0 radical (unpaired) electrons. The third kappa shape index (κ3) is 4.91. The lowest BCUT2D eigenvalue weighted by molar-refractivity contribution is -0.118. The Balaban J connectivity index is 1.38. The third-order valence-corrected chi connectivity index (χ3v) is 7.28. The summed E-state index contributed by atoms with van der Waals surface area (Å²) in [5.74, 6) is 0.156. The highest BCUT2D eigenvalue weighted by Crippen LogP contribution is 2.52. The van der Waals surface area contributed by atoms with Gasteiger partial charge < -0.3 is 10.6 Å². The smallest absolute Gasteiger partial charge is 0.228 e. The van der Waals surface area contributed by atoms with Gasteiger partial charge in [0.05, 0.1) is 21.4 Å². The van der Waals surface area contributed by atoms with Crippen LogP contribution in [0.15, 0.2) is 36.4 Å². The van der Waals surface area contributed by atoms with E-state index in [4.69, 9.17) is 23.2 Å². The zero-order valence-electron chi connectivity index (χ0n) is 18.3. The number of benzene rings is 2. The van der Waals surface area contributed by atoms with Crippen LogP contribution in [0.3, 0.4) is 0 Å². The molecular formula is C25H28Cl2N2O2. The van der Waals surface area contributed by atoms with E-state index < -0.39 is 0 Å². The van der Waals surface area contributed by atoms with E-state index in [0.29, 0.717) is 27.8 Å². The number of anilines is 2. The van der Waals surface area contributed by atoms with Gasteiger partial charge in [0.25, 0.3) is 0 Å². The van der Waals surface area contributed by atoms with E-state index in [-0.39, 0.29) is 34.5 Å². The predicted octanol–water partition coefficient (Wildman–Crippen LogP) is 6.55. The minimum absolute atomic E-state index is 0.0265. The maximum absolute atomic E-state index is 12.3. The monoisotopic (exact) mass is 458 g/mol. The van der Waals surface area contributed by atoms with Gasteiger partial charge in [0.15, 0.2) is 0 Å². The van der Waals surface area contributed by atoms with Gasteiger partial charge in [-0.25, -0.2) is 0 Å². The Hall–Kier alpha value is -2.04. The molecule has 4 nitrogen and oxygen atoms in total. The van der Waals surface area contributed by atoms with Gasteiger partial charge in [-0.3, -0.25) is 9.59 Å². The summed E-state index contributed by atoms with van der Waals surface area (Å²) in [4.78, 5) is 24.7. The highest BCUT2D eigenvalue weighted by molar-refractivity contribution is 6.34. The Morgan fingerprint density at radius 1 is 0.806 bits per heavy atom. The summed E-state index contributed by atoms with van der Waals surface area (Å²) < 4.78 is 0. The van der Waals surface area contributed by atoms with Crippen molar-refractivity contribution in [2.45, 2.75) is 47.0 Å². The summed E-state index contributed by atoms with van der Waals surface area (Å²) in [5, 5.41) is 6.92. The number of rotatable bonds is 6. The lowest BCUT2D eigenvalue weighted by Crippen LogP contribution is -2.17. The number of nitrogens with one attached hydrogen (secondary N) is 2. The van der Waals surface area contributed by atoms with E-state index in [1.54, 1.807) is 0 Å². The first-order valence-corrected chi connectivity index (χ1v) is 11.4. The minimum Gasteiger partial charge on any atom is -0.325 e. The molecule has 2 unspecified atom stereocenters. The van der Waals surface area contributed by atoms with Crippen LogP contribution in [0.2, 0.25) is 10.0 Å². The van der Waals surface area contributed by atoms with Crippen LogP contribution < -0.4 is 10.6 Å². The maximum atomic E-state index is 12.3. The van der Waals surface area contributed by atoms with Gasteiger partial charge in [-0.05, 0) is 65.5 Å². The molecular weight excluding hydrogens is 431 g/mol. The Morgan fingerprint density at radius 3 is 1.45 bits per heavy atom. The van der Waals surface area contributed by atoms with Crippen molar-refractivity contribution >= 4 is 46.4 Å². The first-order chi connectivity index (χ1) is 14.5. The summed E-state index contributed by atoms with van der Waals surface area (Å²) in [6.45, 7) is 8.38. The molecule has 2 atom stereocenters. The SMILES string of the molecule is CC1(C)CC1C(=O)Nc1ccc(Cc2ccc(NC(=O)C3CC3(C)C)c(Cl)c2)cc1Cl. The van der Waals surface area contributed by atoms with E-state index in [1.165, 1.54) is 0 Å². The lowest BCUT2D eigenvalue weighted by Gasteiger charge is -2.12. The molecule has 2 aliphatic carbocycles. The molecule has 0 heterocycles. The Labute approximate surface area is 193 Å². The third-order valence-electron chi connectivity index (χ3n) is 6.65. The van der Waals surface area contributed by atoms with Gasteiger partial charge >= 0.3 is 0 Å². The molecule has 0 saturated heterocycles. The number of hydrogen-bond donors (Lipinski definition) is 2. The molecule has 31 heavy (non-hydrogen) atoms. The summed E-state index contributed by atoms with van der Waals surface area (Å²) in [5.41, 5.74) is 3.46. The quantitative estimate of drug-likeness (QED) is 0.515. The molecule has 0 aliphatic heterocycles. The second kappa shape index (κ2) is 7.83. The highest BCUT2D eigenvalue weighted by atomic mass is 35.5. The summed E-state index contributed by atoms with van der Waals surface area (Å²) in [6.07, 6.45) is 2.46. The van der Waals surface area contributed by atoms with E-state index in [1.807, 2.05) is 36.4 Å². The van der Waals surface area contributed by atoms with Crippen molar-refractivity contribution in [2.75, 3.05) is 10.6 Å². The van der Waals surface area contributed by atoms with E-state index in [0.717, 1.165) is 24.0 Å². The zero-order valence-corrected chi connectivity index (χ0v) is 19.8. The van der Waals surface area contributed by atoms with E-state index >= 15 is 0 Å². The minimum atomic E-state index is 0.0265. The fourth-order valence-electron chi connectivity index (χ4n) is 4.04. The Morgan fingerprint density at radius 2 is 1.16 bits per heavy atom. The predicted molar refractivity (Wildman–Crippen MR) is 127 cm³/mol. The zero-order chi connectivity index (χ0) is 22.6. The molecule has 2 N–H and O–H groups in total. The number of hydrogen-bond acceptors (Lipinski definition) is 2. The largest absolute Gasteiger partial charge is 0.325 e. The van der Waals surface area contributed by atoms with E-state index in [9.17, 15) is 9.59 Å². The van der Waals surface area contributed by atoms with E-state index in [2.05, 4.69) is 38.3 Å². The normalized spacial score (nSPS) is 22.5. The Bertz CT molecular complexity index is 978. The number of amides is 2. The van der Waals surface area contributed by atoms with Gasteiger partial charge in [0.2, 0.25) is 11.8 Å². The van der Waals surface area contributed by atoms with Crippen LogP contribution in [0.5, 0.6) is 0 Å². The van der Waals surface area contributed by atoms with Crippen molar-refractivity contribution < 1.29 is 9.59 Å². The van der Waals surface area contributed by atoms with Crippen LogP contribution in [-0.4, -0.2) is 11.8 Å². The van der Waals surface area contributed by atoms with Gasteiger partial charge in [-0.15, -0.1) is 0 Å². The van der Waals surface area contributed by atoms with Crippen LogP contribution in [0.4, 0.5) is 11.4 Å². The molecule has 164 valence electrons. The van der Waals surface area contributed by atoms with Crippen LogP contribution in [0.1, 0.15) is 51.7 Å². The molecule has 0 bridgehead atoms. The summed E-state index contributed by atoms with van der Waals surface area (Å²) in [7, 11) is 0. The van der Waals surface area contributed by atoms with Crippen molar-refractivity contribution in [3.05, 3.63) is 57.6 Å². The highest BCUT2D eigenvalue weighted by Gasteiger charge is 2.51. The van der Waals surface area contributed by atoms with Crippen LogP contribution in [0, 0.1) is 22.7 Å². The average Bonchev–Trinajstić information content (AvgIpc) is 3.53. The molecule has 4 rings (SSSR count). The summed E-state index contributed by atoms with van der Waals surface area (Å²) >= 11 is 12.8. The number of carbonyl (C=O) groups is 2. The molecule has 6 heteroatoms. The van der Waals surface area contributed by atoms with Gasteiger partial charge in [-0.1, -0.05) is 63.0 Å². The molecule has 2 aromatic carbocycles. The van der Waals surface area contributed by atoms with Gasteiger partial charge in [-0.2, -0.15) is 0 Å². The molecule has 2 fully saturated rings.